The molecular weight excluding hydrogens is 247 g/mol. The number of hydrogen-bond acceptors (Lipinski definition) is 7. The van der Waals surface area contributed by atoms with E-state index in [1.54, 1.807) is 0 Å². The van der Waals surface area contributed by atoms with Gasteiger partial charge in [0.05, 0.1) is 6.61 Å². The van der Waals surface area contributed by atoms with Crippen LogP contribution in [-0.4, -0.2) is 72.6 Å². The summed E-state index contributed by atoms with van der Waals surface area (Å²) >= 11 is 0. The van der Waals surface area contributed by atoms with Gasteiger partial charge in [0.15, 0.2) is 6.29 Å². The zero-order chi connectivity index (χ0) is 13.3. The van der Waals surface area contributed by atoms with E-state index in [1.165, 1.54) is 0 Å². The van der Waals surface area contributed by atoms with E-state index in [0.717, 1.165) is 0 Å². The highest BCUT2D eigenvalue weighted by molar-refractivity contribution is 7.30. The molecule has 0 aromatic heterocycles. The summed E-state index contributed by atoms with van der Waals surface area (Å²) in [5, 5.41) is 43.5. The number of aldehydes is 1. The maximum absolute atomic E-state index is 9.90. The van der Waals surface area contributed by atoms with E-state index >= 15 is 0 Å². The van der Waals surface area contributed by atoms with Crippen molar-refractivity contribution in [2.24, 2.45) is 0 Å². The van der Waals surface area contributed by atoms with Crippen LogP contribution in [0.15, 0.2) is 0 Å². The van der Waals surface area contributed by atoms with Gasteiger partial charge in [0, 0.05) is 0 Å². The van der Waals surface area contributed by atoms with E-state index in [-0.39, 0.29) is 6.29 Å². The van der Waals surface area contributed by atoms with Crippen LogP contribution in [0.5, 0.6) is 0 Å². The predicted molar refractivity (Wildman–Crippen MR) is 50.6 cm³/mol. The molecule has 0 aliphatic carbocycles. The number of aliphatic hydroxyl groups excluding tert-OH is 5. The fourth-order valence-electron chi connectivity index (χ4n) is 0.618. The number of hydrogen-bond donors (Lipinski definition) is 7. The maximum atomic E-state index is 9.90. The third-order valence-electron chi connectivity index (χ3n) is 1.42. The van der Waals surface area contributed by atoms with Crippen molar-refractivity contribution in [1.29, 1.82) is 0 Å². The topological polar surface area (TPSA) is 176 Å². The van der Waals surface area contributed by atoms with E-state index in [9.17, 15) is 4.79 Å². The predicted octanol–water partition coefficient (Wildman–Crippen LogP) is -4.02. The van der Waals surface area contributed by atoms with Gasteiger partial charge in [-0.25, -0.2) is 0 Å². The van der Waals surface area contributed by atoms with Crippen molar-refractivity contribution in [1.82, 2.24) is 0 Å². The Morgan fingerprint density at radius 3 is 1.69 bits per heavy atom. The van der Waals surface area contributed by atoms with Crippen molar-refractivity contribution in [2.45, 2.75) is 24.4 Å². The average Bonchev–Trinajstić information content (AvgIpc) is 2.24. The van der Waals surface area contributed by atoms with Crippen molar-refractivity contribution in [3.63, 3.8) is 0 Å². The summed E-state index contributed by atoms with van der Waals surface area (Å²) in [6.07, 6.45) is -6.84. The molecule has 7 N–H and O–H groups in total. The van der Waals surface area contributed by atoms with Crippen molar-refractivity contribution in [3.8, 4) is 0 Å². The van der Waals surface area contributed by atoms with Crippen molar-refractivity contribution in [2.75, 3.05) is 6.61 Å². The van der Waals surface area contributed by atoms with E-state index in [1.807, 2.05) is 0 Å². The fraction of sp³-hybridized carbons (Fsp3) is 0.833. The van der Waals surface area contributed by atoms with Gasteiger partial charge < -0.3 is 40.1 Å². The molecule has 16 heavy (non-hydrogen) atoms. The van der Waals surface area contributed by atoms with Crippen molar-refractivity contribution >= 4 is 14.5 Å². The van der Waals surface area contributed by atoms with Gasteiger partial charge >= 0.3 is 8.25 Å². The lowest BCUT2D eigenvalue weighted by Crippen LogP contribution is -2.46. The quantitative estimate of drug-likeness (QED) is 0.192. The highest BCUT2D eigenvalue weighted by atomic mass is 31.1. The summed E-state index contributed by atoms with van der Waals surface area (Å²) in [6, 6.07) is 0. The molecule has 0 aliphatic heterocycles. The summed E-state index contributed by atoms with van der Waals surface area (Å²) in [5.41, 5.74) is 0. The number of aliphatic hydroxyl groups is 5. The largest absolute Gasteiger partial charge is 0.394 e. The Morgan fingerprint density at radius 2 is 1.44 bits per heavy atom. The Bertz CT molecular complexity index is 206. The molecule has 0 rings (SSSR count). The molecule has 4 unspecified atom stereocenters. The summed E-state index contributed by atoms with van der Waals surface area (Å²) in [5.74, 6) is 0. The van der Waals surface area contributed by atoms with Crippen LogP contribution in [0.1, 0.15) is 0 Å². The van der Waals surface area contributed by atoms with Crippen LogP contribution in [-0.2, 0) is 9.36 Å². The molecule has 0 radical (unpaired) electrons. The first-order chi connectivity index (χ1) is 7.27. The zero-order valence-corrected chi connectivity index (χ0v) is 9.04. The number of carbonyl (C=O) groups is 1. The molecule has 0 aliphatic rings. The minimum absolute atomic E-state index is 0.0258. The second-order valence-electron chi connectivity index (χ2n) is 2.64. The normalized spacial score (nSPS) is 18.0. The Kier molecular flexibility index (Phi) is 11.0. The third kappa shape index (κ3) is 8.89. The van der Waals surface area contributed by atoms with Gasteiger partial charge in [-0.1, -0.05) is 0 Å². The van der Waals surface area contributed by atoms with Crippen LogP contribution in [0.25, 0.3) is 0 Å². The molecule has 0 aromatic rings. The molecule has 98 valence electrons. The SMILES string of the molecule is O=CC(O)C(O)C(O)C(O)CO.O=[PH](O)O. The minimum Gasteiger partial charge on any atom is -0.394 e. The van der Waals surface area contributed by atoms with Crippen LogP contribution >= 0.6 is 8.25 Å². The molecule has 0 aromatic carbocycles. The Labute approximate surface area is 91.2 Å². The molecule has 0 fully saturated rings. The summed E-state index contributed by atoms with van der Waals surface area (Å²) in [7, 11) is -3.13. The van der Waals surface area contributed by atoms with Gasteiger partial charge in [0.1, 0.15) is 24.4 Å². The van der Waals surface area contributed by atoms with E-state index in [2.05, 4.69) is 0 Å². The number of rotatable bonds is 5. The monoisotopic (exact) mass is 262 g/mol. The second kappa shape index (κ2) is 9.82. The average molecular weight is 262 g/mol. The van der Waals surface area contributed by atoms with E-state index in [4.69, 9.17) is 39.9 Å². The van der Waals surface area contributed by atoms with Gasteiger partial charge in [-0.05, 0) is 0 Å². The first kappa shape index (κ1) is 18.0. The molecule has 0 heterocycles. The second-order valence-corrected chi connectivity index (χ2v) is 3.21. The molecule has 0 amide bonds. The number of carbonyl (C=O) groups excluding carboxylic acids is 1. The standard InChI is InChI=1S/C6H12O6.H3O3P/c7-1-3(9)5(11)6(12)4(10)2-8;1-4(2)3/h1,3-6,8-12H,2H2;4H,(H2,1,2,3). The molecule has 9 nitrogen and oxygen atoms in total. The smallest absolute Gasteiger partial charge is 0.314 e. The summed E-state index contributed by atoms with van der Waals surface area (Å²) in [4.78, 5) is 24.2. The van der Waals surface area contributed by atoms with Crippen LogP contribution < -0.4 is 0 Å². The zero-order valence-electron chi connectivity index (χ0n) is 8.04. The molecular formula is C6H15O9P. The lowest BCUT2D eigenvalue weighted by atomic mass is 10.0. The lowest BCUT2D eigenvalue weighted by Gasteiger charge is -2.22. The molecule has 0 saturated carbocycles. The summed E-state index contributed by atoms with van der Waals surface area (Å²) in [6.45, 7) is -0.760. The molecule has 0 saturated heterocycles. The first-order valence-electron chi connectivity index (χ1n) is 3.98. The van der Waals surface area contributed by atoms with Gasteiger partial charge in [-0.3, -0.25) is 4.57 Å². The van der Waals surface area contributed by atoms with Crippen LogP contribution in [0.3, 0.4) is 0 Å². The lowest BCUT2D eigenvalue weighted by molar-refractivity contribution is -0.136. The van der Waals surface area contributed by atoms with Crippen molar-refractivity contribution in [3.05, 3.63) is 0 Å². The van der Waals surface area contributed by atoms with Gasteiger partial charge in [-0.15, -0.1) is 0 Å². The van der Waals surface area contributed by atoms with Gasteiger partial charge in [0.2, 0.25) is 0 Å². The summed E-state index contributed by atoms with van der Waals surface area (Å²) < 4.78 is 8.74. The van der Waals surface area contributed by atoms with Crippen LogP contribution in [0.4, 0.5) is 0 Å². The highest BCUT2D eigenvalue weighted by Crippen LogP contribution is 2.02. The maximum Gasteiger partial charge on any atom is 0.314 e. The third-order valence-corrected chi connectivity index (χ3v) is 1.42. The highest BCUT2D eigenvalue weighted by Gasteiger charge is 2.29. The van der Waals surface area contributed by atoms with Crippen LogP contribution in [0, 0.1) is 0 Å². The van der Waals surface area contributed by atoms with E-state index < -0.39 is 39.3 Å². The fourth-order valence-corrected chi connectivity index (χ4v) is 0.618. The minimum atomic E-state index is -3.13. The van der Waals surface area contributed by atoms with Crippen molar-refractivity contribution < 1.29 is 44.7 Å². The van der Waals surface area contributed by atoms with Gasteiger partial charge in [0.25, 0.3) is 0 Å². The molecule has 0 bridgehead atoms. The molecule has 10 heteroatoms. The Morgan fingerprint density at radius 1 is 1.06 bits per heavy atom. The van der Waals surface area contributed by atoms with Crippen LogP contribution in [0.2, 0.25) is 0 Å². The Hall–Kier alpha value is -0.380. The Balaban J connectivity index is 0. The molecule has 4 atom stereocenters. The molecule has 0 spiro atoms. The van der Waals surface area contributed by atoms with Gasteiger partial charge in [-0.2, -0.15) is 0 Å². The van der Waals surface area contributed by atoms with E-state index in [0.29, 0.717) is 0 Å². The first-order valence-corrected chi connectivity index (χ1v) is 5.28.